The summed E-state index contributed by atoms with van der Waals surface area (Å²) in [7, 11) is 0. The lowest BCUT2D eigenvalue weighted by Gasteiger charge is -2.15. The predicted octanol–water partition coefficient (Wildman–Crippen LogP) is 6.66. The molecule has 2 rings (SSSR count). The summed E-state index contributed by atoms with van der Waals surface area (Å²) in [4.78, 5) is 0. The lowest BCUT2D eigenvalue weighted by Crippen LogP contribution is -1.96. The van der Waals surface area contributed by atoms with Crippen molar-refractivity contribution in [3.8, 4) is 0 Å². The number of rotatable bonds is 2. The van der Waals surface area contributed by atoms with Crippen molar-refractivity contribution in [1.29, 1.82) is 0 Å². The predicted molar refractivity (Wildman–Crippen MR) is 89.9 cm³/mol. The summed E-state index contributed by atoms with van der Waals surface area (Å²) in [6.07, 6.45) is 26.3. The minimum absolute atomic E-state index is 1.17. The average Bonchev–Trinajstić information content (AvgIpc) is 2.68. The van der Waals surface area contributed by atoms with Gasteiger partial charge in [-0.25, -0.2) is 0 Å². The van der Waals surface area contributed by atoms with Crippen LogP contribution >= 0.6 is 0 Å². The molecular formula is C20H30. The van der Waals surface area contributed by atoms with Gasteiger partial charge in [-0.05, 0) is 74.5 Å². The fourth-order valence-electron chi connectivity index (χ4n) is 3.30. The van der Waals surface area contributed by atoms with E-state index in [-0.39, 0.29) is 0 Å². The van der Waals surface area contributed by atoms with Crippen molar-refractivity contribution in [3.05, 3.63) is 47.1 Å². The van der Waals surface area contributed by atoms with E-state index in [9.17, 15) is 0 Å². The van der Waals surface area contributed by atoms with Gasteiger partial charge < -0.3 is 0 Å². The highest BCUT2D eigenvalue weighted by molar-refractivity contribution is 5.42. The molecule has 0 amide bonds. The molecule has 0 bridgehead atoms. The van der Waals surface area contributed by atoms with Crippen LogP contribution in [0.2, 0.25) is 0 Å². The van der Waals surface area contributed by atoms with Gasteiger partial charge in [-0.2, -0.15) is 0 Å². The van der Waals surface area contributed by atoms with E-state index in [0.717, 1.165) is 0 Å². The number of allylic oxidation sites excluding steroid dienone is 8. The van der Waals surface area contributed by atoms with E-state index < -0.39 is 0 Å². The van der Waals surface area contributed by atoms with Gasteiger partial charge in [-0.15, -0.1) is 0 Å². The Morgan fingerprint density at radius 1 is 0.850 bits per heavy atom. The van der Waals surface area contributed by atoms with Crippen LogP contribution in [-0.2, 0) is 0 Å². The fraction of sp³-hybridized carbons (Fsp3) is 0.600. The molecule has 2 aliphatic rings. The van der Waals surface area contributed by atoms with Crippen molar-refractivity contribution in [2.75, 3.05) is 0 Å². The lowest BCUT2D eigenvalue weighted by molar-refractivity contribution is 0.667. The van der Waals surface area contributed by atoms with Crippen molar-refractivity contribution < 1.29 is 0 Å². The van der Waals surface area contributed by atoms with E-state index in [1.165, 1.54) is 70.6 Å². The molecule has 0 aliphatic heterocycles. The summed E-state index contributed by atoms with van der Waals surface area (Å²) in [5.41, 5.74) is 4.87. The van der Waals surface area contributed by atoms with Crippen LogP contribution in [0, 0.1) is 0 Å². The third-order valence-electron chi connectivity index (χ3n) is 4.52. The van der Waals surface area contributed by atoms with Gasteiger partial charge in [0, 0.05) is 0 Å². The van der Waals surface area contributed by atoms with E-state index in [1.807, 2.05) is 0 Å². The zero-order valence-corrected chi connectivity index (χ0v) is 13.2. The van der Waals surface area contributed by atoms with E-state index in [2.05, 4.69) is 37.3 Å². The second-order valence-corrected chi connectivity index (χ2v) is 6.08. The maximum Gasteiger partial charge on any atom is -0.0273 e. The summed E-state index contributed by atoms with van der Waals surface area (Å²) in [6.45, 7) is 2.31. The van der Waals surface area contributed by atoms with Crippen LogP contribution in [-0.4, -0.2) is 0 Å². The third kappa shape index (κ3) is 4.81. The van der Waals surface area contributed by atoms with Crippen molar-refractivity contribution in [2.45, 2.75) is 77.6 Å². The summed E-state index contributed by atoms with van der Waals surface area (Å²) < 4.78 is 0. The molecule has 0 fully saturated rings. The molecule has 2 aliphatic carbocycles. The van der Waals surface area contributed by atoms with E-state index >= 15 is 0 Å². The molecule has 0 unspecified atom stereocenters. The Kier molecular flexibility index (Phi) is 6.91. The van der Waals surface area contributed by atoms with Crippen LogP contribution < -0.4 is 0 Å². The van der Waals surface area contributed by atoms with Gasteiger partial charge in [-0.3, -0.25) is 0 Å². The van der Waals surface area contributed by atoms with Crippen LogP contribution in [0.4, 0.5) is 0 Å². The summed E-state index contributed by atoms with van der Waals surface area (Å²) in [5, 5.41) is 0. The Bertz CT molecular complexity index is 404. The normalized spacial score (nSPS) is 22.1. The highest BCUT2D eigenvalue weighted by atomic mass is 14.2. The second kappa shape index (κ2) is 9.00. The standard InChI is InChI=1S/C20H30/c1-2-18-14-10-8-5-9-13-17-20(18)19-15-11-6-3-4-7-12-16-19/h6,10-11,14-15H,2-5,7-9,12-13,16-17H2,1H3. The van der Waals surface area contributed by atoms with Crippen LogP contribution in [0.25, 0.3) is 0 Å². The Morgan fingerprint density at radius 2 is 1.60 bits per heavy atom. The molecule has 0 aromatic carbocycles. The largest absolute Gasteiger partial charge is 0.0845 e. The first-order valence-corrected chi connectivity index (χ1v) is 8.66. The van der Waals surface area contributed by atoms with E-state index in [1.54, 1.807) is 16.7 Å². The lowest BCUT2D eigenvalue weighted by atomic mass is 9.90. The van der Waals surface area contributed by atoms with Crippen LogP contribution in [0.1, 0.15) is 77.6 Å². The number of hydrogen-bond donors (Lipinski definition) is 0. The molecule has 0 aromatic heterocycles. The fourth-order valence-corrected chi connectivity index (χ4v) is 3.30. The highest BCUT2D eigenvalue weighted by Crippen LogP contribution is 2.30. The molecule has 20 heavy (non-hydrogen) atoms. The van der Waals surface area contributed by atoms with Gasteiger partial charge >= 0.3 is 0 Å². The van der Waals surface area contributed by atoms with Gasteiger partial charge in [0.2, 0.25) is 0 Å². The average molecular weight is 270 g/mol. The van der Waals surface area contributed by atoms with Gasteiger partial charge in [0.1, 0.15) is 0 Å². The quantitative estimate of drug-likeness (QED) is 0.526. The molecule has 0 aromatic rings. The molecule has 0 nitrogen and oxygen atoms in total. The summed E-state index contributed by atoms with van der Waals surface area (Å²) >= 11 is 0. The molecule has 0 radical (unpaired) electrons. The Hall–Kier alpha value is -1.04. The van der Waals surface area contributed by atoms with Gasteiger partial charge in [0.25, 0.3) is 0 Å². The zero-order valence-electron chi connectivity index (χ0n) is 13.2. The van der Waals surface area contributed by atoms with Gasteiger partial charge in [0.05, 0.1) is 0 Å². The molecule has 0 saturated carbocycles. The molecule has 0 atom stereocenters. The first-order valence-electron chi connectivity index (χ1n) is 8.66. The molecule has 0 N–H and O–H groups in total. The topological polar surface area (TPSA) is 0 Å². The van der Waals surface area contributed by atoms with Crippen molar-refractivity contribution in [3.63, 3.8) is 0 Å². The SMILES string of the molecule is CCC1=C(C2=CC=CCCCCC2)CCCCCC=C1. The first kappa shape index (κ1) is 15.4. The summed E-state index contributed by atoms with van der Waals surface area (Å²) in [6, 6.07) is 0. The minimum Gasteiger partial charge on any atom is -0.0845 e. The third-order valence-corrected chi connectivity index (χ3v) is 4.52. The Balaban J connectivity index is 2.26. The van der Waals surface area contributed by atoms with Gasteiger partial charge in [-0.1, -0.05) is 50.1 Å². The second-order valence-electron chi connectivity index (χ2n) is 6.08. The van der Waals surface area contributed by atoms with Crippen LogP contribution in [0.3, 0.4) is 0 Å². The number of hydrogen-bond acceptors (Lipinski definition) is 0. The molecule has 110 valence electrons. The molecule has 0 spiro atoms. The van der Waals surface area contributed by atoms with Crippen LogP contribution in [0.5, 0.6) is 0 Å². The molecule has 0 saturated heterocycles. The molecule has 0 heteroatoms. The van der Waals surface area contributed by atoms with Crippen molar-refractivity contribution in [1.82, 2.24) is 0 Å². The smallest absolute Gasteiger partial charge is 0.0273 e. The van der Waals surface area contributed by atoms with Crippen molar-refractivity contribution >= 4 is 0 Å². The Morgan fingerprint density at radius 3 is 2.40 bits per heavy atom. The monoisotopic (exact) mass is 270 g/mol. The van der Waals surface area contributed by atoms with E-state index in [0.29, 0.717) is 0 Å². The maximum atomic E-state index is 2.41. The summed E-state index contributed by atoms with van der Waals surface area (Å²) in [5.74, 6) is 0. The van der Waals surface area contributed by atoms with Crippen molar-refractivity contribution in [2.24, 2.45) is 0 Å². The maximum absolute atomic E-state index is 2.41. The van der Waals surface area contributed by atoms with E-state index in [4.69, 9.17) is 0 Å². The zero-order chi connectivity index (χ0) is 14.0. The minimum atomic E-state index is 1.17. The first-order chi connectivity index (χ1) is 9.92. The molecule has 0 heterocycles. The van der Waals surface area contributed by atoms with Gasteiger partial charge in [0.15, 0.2) is 0 Å². The Labute approximate surface area is 125 Å². The molecular weight excluding hydrogens is 240 g/mol. The van der Waals surface area contributed by atoms with Crippen LogP contribution in [0.15, 0.2) is 47.1 Å². The highest BCUT2D eigenvalue weighted by Gasteiger charge is 2.10.